The van der Waals surface area contributed by atoms with Crippen molar-refractivity contribution in [2.24, 2.45) is 0 Å². The van der Waals surface area contributed by atoms with E-state index in [9.17, 15) is 13.2 Å². The highest BCUT2D eigenvalue weighted by Crippen LogP contribution is 2.29. The van der Waals surface area contributed by atoms with Crippen molar-refractivity contribution in [1.82, 2.24) is 4.98 Å². The van der Waals surface area contributed by atoms with Crippen molar-refractivity contribution in [3.8, 4) is 0 Å². The molecule has 0 bridgehead atoms. The number of aryl methyl sites for hydroxylation is 1. The van der Waals surface area contributed by atoms with Crippen LogP contribution in [-0.2, 0) is 9.84 Å². The first-order chi connectivity index (χ1) is 8.30. The van der Waals surface area contributed by atoms with Crippen LogP contribution in [0.2, 0.25) is 0 Å². The minimum Gasteiger partial charge on any atom is -0.476 e. The molecule has 1 atom stereocenters. The molecule has 1 saturated heterocycles. The predicted octanol–water partition coefficient (Wildman–Crippen LogP) is 0.773. The fraction of sp³-hybridized carbons (Fsp3) is 0.600. The van der Waals surface area contributed by atoms with Crippen molar-refractivity contribution in [2.75, 3.05) is 23.5 Å². The van der Waals surface area contributed by atoms with Gasteiger partial charge in [-0.2, -0.15) is 0 Å². The minimum atomic E-state index is -2.95. The van der Waals surface area contributed by atoms with E-state index in [1.165, 1.54) is 11.3 Å². The number of hydrogen-bond acceptors (Lipinski definition) is 6. The Morgan fingerprint density at radius 1 is 1.56 bits per heavy atom. The van der Waals surface area contributed by atoms with Crippen LogP contribution in [0.1, 0.15) is 21.8 Å². The number of thiazole rings is 1. The lowest BCUT2D eigenvalue weighted by Crippen LogP contribution is -2.32. The number of carboxylic acid groups (broad SMARTS) is 1. The summed E-state index contributed by atoms with van der Waals surface area (Å²) >= 11 is 1.28. The van der Waals surface area contributed by atoms with Gasteiger partial charge in [0.25, 0.3) is 0 Å². The molecule has 18 heavy (non-hydrogen) atoms. The van der Waals surface area contributed by atoms with Gasteiger partial charge in [-0.05, 0) is 13.3 Å². The number of aromatic carboxylic acids is 1. The van der Waals surface area contributed by atoms with Crippen LogP contribution in [0.15, 0.2) is 0 Å². The van der Waals surface area contributed by atoms with E-state index in [1.807, 2.05) is 0 Å². The zero-order valence-corrected chi connectivity index (χ0v) is 11.7. The molecule has 100 valence electrons. The summed E-state index contributed by atoms with van der Waals surface area (Å²) in [4.78, 5) is 17.4. The zero-order valence-electron chi connectivity index (χ0n) is 10.1. The second-order valence-corrected chi connectivity index (χ2v) is 7.78. The second kappa shape index (κ2) is 4.51. The van der Waals surface area contributed by atoms with Crippen molar-refractivity contribution in [3.63, 3.8) is 0 Å². The maximum Gasteiger partial charge on any atom is 0.355 e. The lowest BCUT2D eigenvalue weighted by Gasteiger charge is -2.22. The summed E-state index contributed by atoms with van der Waals surface area (Å²) in [6, 6.07) is -0.109. The monoisotopic (exact) mass is 290 g/mol. The number of hydrogen-bond donors (Lipinski definition) is 1. The Bertz CT molecular complexity index is 579. The van der Waals surface area contributed by atoms with E-state index < -0.39 is 15.8 Å². The average molecular weight is 290 g/mol. The van der Waals surface area contributed by atoms with Crippen molar-refractivity contribution in [1.29, 1.82) is 0 Å². The number of carboxylic acids is 1. The van der Waals surface area contributed by atoms with Gasteiger partial charge < -0.3 is 10.0 Å². The van der Waals surface area contributed by atoms with Crippen LogP contribution in [0.25, 0.3) is 0 Å². The summed E-state index contributed by atoms with van der Waals surface area (Å²) in [5.41, 5.74) is 0.0442. The topological polar surface area (TPSA) is 87.6 Å². The Kier molecular flexibility index (Phi) is 3.33. The number of nitrogens with zero attached hydrogens (tertiary/aromatic N) is 2. The first kappa shape index (κ1) is 13.3. The van der Waals surface area contributed by atoms with Gasteiger partial charge in [0.15, 0.2) is 20.7 Å². The fourth-order valence-corrected chi connectivity index (χ4v) is 4.68. The normalized spacial score (nSPS) is 22.0. The lowest BCUT2D eigenvalue weighted by atomic mass is 10.2. The second-order valence-electron chi connectivity index (χ2n) is 4.37. The standard InChI is InChI=1S/C10H14N2O4S2/c1-6-8(9(13)14)11-10(17-6)12(2)7-3-4-18(15,16)5-7/h7H,3-5H2,1-2H3,(H,13,14). The molecule has 0 aliphatic carbocycles. The molecule has 1 aliphatic rings. The molecule has 1 N–H and O–H groups in total. The molecule has 0 amide bonds. The molecule has 0 radical (unpaired) electrons. The van der Waals surface area contributed by atoms with Gasteiger partial charge in [0, 0.05) is 18.0 Å². The Morgan fingerprint density at radius 3 is 2.67 bits per heavy atom. The molecule has 0 saturated carbocycles. The smallest absolute Gasteiger partial charge is 0.355 e. The summed E-state index contributed by atoms with van der Waals surface area (Å²) < 4.78 is 22.8. The Labute approximate surface area is 109 Å². The highest BCUT2D eigenvalue weighted by molar-refractivity contribution is 7.91. The summed E-state index contributed by atoms with van der Waals surface area (Å²) in [6.07, 6.45) is 0.569. The van der Waals surface area contributed by atoms with E-state index in [1.54, 1.807) is 18.9 Å². The third-order valence-corrected chi connectivity index (χ3v) is 5.86. The van der Waals surface area contributed by atoms with Gasteiger partial charge in [0.1, 0.15) is 0 Å². The maximum atomic E-state index is 11.4. The summed E-state index contributed by atoms with van der Waals surface area (Å²) in [7, 11) is -1.19. The quantitative estimate of drug-likeness (QED) is 0.885. The maximum absolute atomic E-state index is 11.4. The van der Waals surface area contributed by atoms with Crippen LogP contribution in [0.3, 0.4) is 0 Å². The Hall–Kier alpha value is -1.15. The van der Waals surface area contributed by atoms with Crippen LogP contribution >= 0.6 is 11.3 Å². The van der Waals surface area contributed by atoms with Crippen LogP contribution in [-0.4, -0.2) is 49.1 Å². The van der Waals surface area contributed by atoms with Crippen LogP contribution in [0, 0.1) is 6.92 Å². The molecule has 8 heteroatoms. The van der Waals surface area contributed by atoms with Gasteiger partial charge >= 0.3 is 5.97 Å². The van der Waals surface area contributed by atoms with E-state index in [0.29, 0.717) is 16.4 Å². The van der Waals surface area contributed by atoms with E-state index >= 15 is 0 Å². The van der Waals surface area contributed by atoms with Gasteiger partial charge in [-0.25, -0.2) is 18.2 Å². The van der Waals surface area contributed by atoms with Gasteiger partial charge in [0.2, 0.25) is 0 Å². The molecule has 2 rings (SSSR count). The summed E-state index contributed by atoms with van der Waals surface area (Å²) in [6.45, 7) is 1.70. The zero-order chi connectivity index (χ0) is 13.5. The molecule has 1 aromatic rings. The molecule has 1 fully saturated rings. The van der Waals surface area contributed by atoms with Gasteiger partial charge in [0.05, 0.1) is 11.5 Å². The molecule has 1 unspecified atom stereocenters. The molecule has 1 aromatic heterocycles. The number of aromatic nitrogens is 1. The number of carbonyl (C=O) groups is 1. The summed E-state index contributed by atoms with van der Waals surface area (Å²) in [5, 5.41) is 9.50. The number of sulfone groups is 1. The molecular weight excluding hydrogens is 276 g/mol. The molecule has 6 nitrogen and oxygen atoms in total. The largest absolute Gasteiger partial charge is 0.476 e. The average Bonchev–Trinajstić information content (AvgIpc) is 2.80. The van der Waals surface area contributed by atoms with Crippen LogP contribution in [0.4, 0.5) is 5.13 Å². The third-order valence-electron chi connectivity index (χ3n) is 3.05. The Morgan fingerprint density at radius 2 is 2.22 bits per heavy atom. The first-order valence-electron chi connectivity index (χ1n) is 5.44. The van der Waals surface area contributed by atoms with Gasteiger partial charge in [-0.15, -0.1) is 11.3 Å². The van der Waals surface area contributed by atoms with E-state index in [2.05, 4.69) is 4.98 Å². The molecular formula is C10H14N2O4S2. The highest BCUT2D eigenvalue weighted by atomic mass is 32.2. The predicted molar refractivity (Wildman–Crippen MR) is 69.3 cm³/mol. The summed E-state index contributed by atoms with van der Waals surface area (Å²) in [5.74, 6) is -0.745. The van der Waals surface area contributed by atoms with Crippen LogP contribution < -0.4 is 4.90 Å². The van der Waals surface area contributed by atoms with E-state index in [-0.39, 0.29) is 23.2 Å². The molecule has 2 heterocycles. The van der Waals surface area contributed by atoms with Crippen molar-refractivity contribution >= 4 is 32.3 Å². The number of anilines is 1. The van der Waals surface area contributed by atoms with Gasteiger partial charge in [-0.3, -0.25) is 0 Å². The SMILES string of the molecule is Cc1sc(N(C)C2CCS(=O)(=O)C2)nc1C(=O)O. The molecule has 1 aliphatic heterocycles. The Balaban J connectivity index is 2.22. The van der Waals surface area contributed by atoms with E-state index in [0.717, 1.165) is 0 Å². The van der Waals surface area contributed by atoms with Crippen molar-refractivity contribution in [3.05, 3.63) is 10.6 Å². The van der Waals surface area contributed by atoms with Crippen molar-refractivity contribution in [2.45, 2.75) is 19.4 Å². The van der Waals surface area contributed by atoms with Gasteiger partial charge in [-0.1, -0.05) is 0 Å². The lowest BCUT2D eigenvalue weighted by molar-refractivity contribution is 0.0690. The first-order valence-corrected chi connectivity index (χ1v) is 8.08. The highest BCUT2D eigenvalue weighted by Gasteiger charge is 2.32. The molecule has 0 spiro atoms. The third kappa shape index (κ3) is 2.49. The molecule has 0 aromatic carbocycles. The van der Waals surface area contributed by atoms with Crippen LogP contribution in [0.5, 0.6) is 0 Å². The fourth-order valence-electron chi connectivity index (χ4n) is 1.97. The van der Waals surface area contributed by atoms with Crippen molar-refractivity contribution < 1.29 is 18.3 Å². The minimum absolute atomic E-state index is 0.0442. The number of rotatable bonds is 3. The van der Waals surface area contributed by atoms with E-state index in [4.69, 9.17) is 5.11 Å².